The van der Waals surface area contributed by atoms with Gasteiger partial charge in [-0.3, -0.25) is 9.00 Å². The molecule has 0 radical (unpaired) electrons. The van der Waals surface area contributed by atoms with Crippen LogP contribution >= 0.6 is 0 Å². The quantitative estimate of drug-likeness (QED) is 0.801. The molecule has 3 aromatic rings. The van der Waals surface area contributed by atoms with Crippen molar-refractivity contribution >= 4 is 38.6 Å². The lowest BCUT2D eigenvalue weighted by Crippen LogP contribution is -2.19. The van der Waals surface area contributed by atoms with E-state index in [9.17, 15) is 9.00 Å². The molecule has 108 valence electrons. The number of ether oxygens (including phenoxy) is 1. The minimum Gasteiger partial charge on any atom is -0.497 e. The smallest absolute Gasteiger partial charge is 0.230 e. The summed E-state index contributed by atoms with van der Waals surface area (Å²) in [5, 5.41) is 1.71. The molecule has 1 amide bonds. The molecule has 2 N–H and O–H groups in total. The van der Waals surface area contributed by atoms with Crippen molar-refractivity contribution < 1.29 is 18.2 Å². The molecule has 21 heavy (non-hydrogen) atoms. The lowest BCUT2D eigenvalue weighted by Gasteiger charge is -2.00. The van der Waals surface area contributed by atoms with Crippen molar-refractivity contribution in [3.8, 4) is 5.75 Å². The van der Waals surface area contributed by atoms with E-state index < -0.39 is 16.7 Å². The van der Waals surface area contributed by atoms with E-state index in [-0.39, 0.29) is 5.75 Å². The van der Waals surface area contributed by atoms with Crippen molar-refractivity contribution in [2.75, 3.05) is 12.9 Å². The van der Waals surface area contributed by atoms with E-state index >= 15 is 0 Å². The summed E-state index contributed by atoms with van der Waals surface area (Å²) in [6.45, 7) is 0. The molecule has 0 saturated heterocycles. The highest BCUT2D eigenvalue weighted by atomic mass is 32.2. The number of rotatable bonds is 4. The van der Waals surface area contributed by atoms with Gasteiger partial charge in [0.05, 0.1) is 17.9 Å². The molecular weight excluding hydrogens is 290 g/mol. The van der Waals surface area contributed by atoms with Crippen LogP contribution in [0.15, 0.2) is 45.7 Å². The van der Waals surface area contributed by atoms with Gasteiger partial charge in [0, 0.05) is 15.7 Å². The highest BCUT2D eigenvalue weighted by Crippen LogP contribution is 2.32. The molecule has 0 aliphatic rings. The number of benzene rings is 2. The maximum atomic E-state index is 12.0. The van der Waals surface area contributed by atoms with E-state index in [2.05, 4.69) is 0 Å². The van der Waals surface area contributed by atoms with Crippen LogP contribution in [0.5, 0.6) is 5.75 Å². The predicted octanol–water partition coefficient (Wildman–Crippen LogP) is 2.19. The zero-order valence-electron chi connectivity index (χ0n) is 11.3. The zero-order chi connectivity index (χ0) is 15.0. The monoisotopic (exact) mass is 303 g/mol. The molecule has 6 heteroatoms. The summed E-state index contributed by atoms with van der Waals surface area (Å²) in [6.07, 6.45) is 0. The van der Waals surface area contributed by atoms with Gasteiger partial charge in [-0.25, -0.2) is 0 Å². The number of methoxy groups -OCH3 is 1. The zero-order valence-corrected chi connectivity index (χ0v) is 12.1. The van der Waals surface area contributed by atoms with Gasteiger partial charge in [0.1, 0.15) is 22.7 Å². The molecule has 2 aromatic carbocycles. The summed E-state index contributed by atoms with van der Waals surface area (Å²) in [5.41, 5.74) is 6.50. The van der Waals surface area contributed by atoms with Gasteiger partial charge in [-0.2, -0.15) is 0 Å². The Labute approximate surface area is 123 Å². The van der Waals surface area contributed by atoms with Crippen molar-refractivity contribution in [1.29, 1.82) is 0 Å². The van der Waals surface area contributed by atoms with E-state index in [4.69, 9.17) is 14.9 Å². The van der Waals surface area contributed by atoms with Crippen molar-refractivity contribution in [2.45, 2.75) is 4.90 Å². The number of primary amides is 1. The molecule has 1 atom stereocenters. The van der Waals surface area contributed by atoms with Crippen LogP contribution in [0.4, 0.5) is 0 Å². The number of fused-ring (bicyclic) bond motifs is 3. The minimum atomic E-state index is -1.45. The Kier molecular flexibility index (Phi) is 3.39. The molecule has 0 fully saturated rings. The molecule has 0 aliphatic heterocycles. The number of amides is 1. The lowest BCUT2D eigenvalue weighted by molar-refractivity contribution is -0.115. The molecule has 0 spiro atoms. The summed E-state index contributed by atoms with van der Waals surface area (Å²) in [6, 6.07) is 10.7. The third-order valence-electron chi connectivity index (χ3n) is 3.18. The Morgan fingerprint density at radius 3 is 2.52 bits per heavy atom. The molecule has 3 rings (SSSR count). The fourth-order valence-electron chi connectivity index (χ4n) is 2.22. The van der Waals surface area contributed by atoms with Crippen LogP contribution in [0.2, 0.25) is 0 Å². The molecule has 5 nitrogen and oxygen atoms in total. The van der Waals surface area contributed by atoms with E-state index in [1.807, 2.05) is 18.2 Å². The van der Waals surface area contributed by atoms with Crippen LogP contribution in [0.3, 0.4) is 0 Å². The Bertz CT molecular complexity index is 869. The third-order valence-corrected chi connectivity index (χ3v) is 4.51. The normalized spacial score (nSPS) is 12.6. The van der Waals surface area contributed by atoms with E-state index in [1.54, 1.807) is 25.3 Å². The lowest BCUT2D eigenvalue weighted by atomic mass is 10.1. The topological polar surface area (TPSA) is 82.5 Å². The SMILES string of the molecule is COc1ccc2oc3ccc(S(=O)CC(N)=O)cc3c2c1. The molecule has 0 aliphatic carbocycles. The van der Waals surface area contributed by atoms with Gasteiger partial charge in [0.25, 0.3) is 0 Å². The van der Waals surface area contributed by atoms with Gasteiger partial charge >= 0.3 is 0 Å². The number of hydrogen-bond donors (Lipinski definition) is 1. The number of hydrogen-bond acceptors (Lipinski definition) is 4. The van der Waals surface area contributed by atoms with E-state index in [0.717, 1.165) is 16.4 Å². The first kappa shape index (κ1) is 13.6. The highest BCUT2D eigenvalue weighted by Gasteiger charge is 2.12. The van der Waals surface area contributed by atoms with Gasteiger partial charge in [0.15, 0.2) is 0 Å². The van der Waals surface area contributed by atoms with Crippen LogP contribution in [0.1, 0.15) is 0 Å². The van der Waals surface area contributed by atoms with Gasteiger partial charge < -0.3 is 14.9 Å². The first-order valence-electron chi connectivity index (χ1n) is 6.25. The Morgan fingerprint density at radius 1 is 1.19 bits per heavy atom. The van der Waals surface area contributed by atoms with Crippen LogP contribution in [-0.2, 0) is 15.6 Å². The second kappa shape index (κ2) is 5.21. The van der Waals surface area contributed by atoms with Gasteiger partial charge in [-0.15, -0.1) is 0 Å². The maximum Gasteiger partial charge on any atom is 0.230 e. The summed E-state index contributed by atoms with van der Waals surface area (Å²) in [7, 11) is 0.143. The highest BCUT2D eigenvalue weighted by molar-refractivity contribution is 7.85. The molecule has 0 saturated carbocycles. The molecular formula is C15H13NO4S. The summed E-state index contributed by atoms with van der Waals surface area (Å²) < 4.78 is 23.0. The van der Waals surface area contributed by atoms with Crippen molar-refractivity contribution in [3.05, 3.63) is 36.4 Å². The summed E-state index contributed by atoms with van der Waals surface area (Å²) >= 11 is 0. The van der Waals surface area contributed by atoms with Crippen LogP contribution in [0.25, 0.3) is 21.9 Å². The summed E-state index contributed by atoms with van der Waals surface area (Å²) in [5.74, 6) is -0.0639. The van der Waals surface area contributed by atoms with E-state index in [1.165, 1.54) is 0 Å². The standard InChI is InChI=1S/C15H13NO4S/c1-19-9-2-4-13-11(6-9)12-7-10(3-5-14(12)20-13)21(18)8-15(16)17/h2-7H,8H2,1H3,(H2,16,17). The number of carbonyl (C=O) groups excluding carboxylic acids is 1. The second-order valence-electron chi connectivity index (χ2n) is 4.58. The average molecular weight is 303 g/mol. The van der Waals surface area contributed by atoms with Crippen LogP contribution in [-0.4, -0.2) is 23.0 Å². The van der Waals surface area contributed by atoms with Gasteiger partial charge in [-0.1, -0.05) is 0 Å². The number of furan rings is 1. The van der Waals surface area contributed by atoms with Crippen molar-refractivity contribution in [3.63, 3.8) is 0 Å². The number of carbonyl (C=O) groups is 1. The third kappa shape index (κ3) is 2.50. The van der Waals surface area contributed by atoms with Crippen LogP contribution in [0, 0.1) is 0 Å². The Hall–Kier alpha value is -2.34. The molecule has 1 aromatic heterocycles. The first-order valence-corrected chi connectivity index (χ1v) is 7.57. The Balaban J connectivity index is 2.17. The predicted molar refractivity (Wildman–Crippen MR) is 80.7 cm³/mol. The van der Waals surface area contributed by atoms with Crippen molar-refractivity contribution in [1.82, 2.24) is 0 Å². The molecule has 1 heterocycles. The fourth-order valence-corrected chi connectivity index (χ4v) is 3.11. The summed E-state index contributed by atoms with van der Waals surface area (Å²) in [4.78, 5) is 11.4. The minimum absolute atomic E-state index is 0.190. The fraction of sp³-hybridized carbons (Fsp3) is 0.133. The van der Waals surface area contributed by atoms with E-state index in [0.29, 0.717) is 16.2 Å². The Morgan fingerprint density at radius 2 is 1.86 bits per heavy atom. The second-order valence-corrected chi connectivity index (χ2v) is 6.03. The van der Waals surface area contributed by atoms with Gasteiger partial charge in [0.2, 0.25) is 5.91 Å². The average Bonchev–Trinajstić information content (AvgIpc) is 2.83. The molecule has 1 unspecified atom stereocenters. The van der Waals surface area contributed by atoms with Crippen LogP contribution < -0.4 is 10.5 Å². The maximum absolute atomic E-state index is 12.0. The first-order chi connectivity index (χ1) is 10.1. The largest absolute Gasteiger partial charge is 0.497 e. The van der Waals surface area contributed by atoms with Crippen molar-refractivity contribution in [2.24, 2.45) is 5.73 Å². The molecule has 0 bridgehead atoms. The number of nitrogens with two attached hydrogens (primary N) is 1. The van der Waals surface area contributed by atoms with Gasteiger partial charge in [-0.05, 0) is 36.4 Å².